The molecular weight excluding hydrogens is 320 g/mol. The molecule has 0 spiro atoms. The van der Waals surface area contributed by atoms with Gasteiger partial charge in [-0.25, -0.2) is 9.48 Å². The van der Waals surface area contributed by atoms with Crippen LogP contribution in [0.1, 0.15) is 32.0 Å². The van der Waals surface area contributed by atoms with Crippen molar-refractivity contribution in [2.45, 2.75) is 31.9 Å². The van der Waals surface area contributed by atoms with Crippen LogP contribution in [0.25, 0.3) is 0 Å². The van der Waals surface area contributed by atoms with Gasteiger partial charge in [-0.05, 0) is 32.5 Å². The van der Waals surface area contributed by atoms with E-state index in [1.807, 2.05) is 11.8 Å². The second kappa shape index (κ2) is 7.41. The molecule has 24 heavy (non-hydrogen) atoms. The van der Waals surface area contributed by atoms with E-state index in [2.05, 4.69) is 22.1 Å². The molecule has 1 fully saturated rings. The number of ether oxygens (including phenoxy) is 1. The fourth-order valence-corrected chi connectivity index (χ4v) is 2.89. The van der Waals surface area contributed by atoms with Crippen molar-refractivity contribution in [1.29, 1.82) is 0 Å². The second-order valence-corrected chi connectivity index (χ2v) is 5.64. The molecule has 2 rings (SSSR count). The normalized spacial score (nSPS) is 21.7. The number of likely N-dealkylation sites (tertiary alicyclic amines) is 1. The van der Waals surface area contributed by atoms with Crippen molar-refractivity contribution in [3.8, 4) is 0 Å². The topological polar surface area (TPSA) is 71.8 Å². The fraction of sp³-hybridized carbons (Fsp3) is 0.533. The van der Waals surface area contributed by atoms with Crippen molar-refractivity contribution < 1.29 is 18.3 Å². The van der Waals surface area contributed by atoms with Crippen LogP contribution in [0.3, 0.4) is 0 Å². The number of hydrogen-bond donors (Lipinski definition) is 1. The van der Waals surface area contributed by atoms with E-state index in [9.17, 15) is 13.6 Å². The van der Waals surface area contributed by atoms with Crippen LogP contribution in [0.15, 0.2) is 29.2 Å². The van der Waals surface area contributed by atoms with Gasteiger partial charge in [-0.2, -0.15) is 13.9 Å². The summed E-state index contributed by atoms with van der Waals surface area (Å²) >= 11 is 0. The molecule has 0 saturated carbocycles. The van der Waals surface area contributed by atoms with Crippen molar-refractivity contribution in [3.05, 3.63) is 29.9 Å². The predicted molar refractivity (Wildman–Crippen MR) is 84.8 cm³/mol. The summed E-state index contributed by atoms with van der Waals surface area (Å²) in [4.78, 5) is 17.6. The molecule has 0 aliphatic carbocycles. The zero-order valence-corrected chi connectivity index (χ0v) is 13.7. The SMILES string of the molecule is C=N/C=C(\C)N1CCCC(NC(=O)OC)(c2ccn(C(F)F)n2)C1. The Balaban J connectivity index is 2.37. The number of alkyl halides is 2. The van der Waals surface area contributed by atoms with E-state index in [0.29, 0.717) is 23.3 Å². The number of amides is 1. The number of aliphatic imine (C=N–C) groups is 1. The average Bonchev–Trinajstić information content (AvgIpc) is 3.06. The largest absolute Gasteiger partial charge is 0.453 e. The standard InChI is InChI=1S/C15H21F2N5O2/c1-11(9-18-2)21-7-4-6-15(10-21,19-14(23)24-3)12-5-8-22(20-12)13(16)17/h5,8-9,13H,2,4,6-7,10H2,1,3H3,(H,19,23)/b11-9+. The van der Waals surface area contributed by atoms with Gasteiger partial charge in [0.1, 0.15) is 5.54 Å². The number of allylic oxidation sites excluding steroid dienone is 1. The predicted octanol–water partition coefficient (Wildman–Crippen LogP) is 2.49. The summed E-state index contributed by atoms with van der Waals surface area (Å²) in [6, 6.07) is 1.50. The van der Waals surface area contributed by atoms with E-state index < -0.39 is 18.2 Å². The minimum atomic E-state index is -2.74. The van der Waals surface area contributed by atoms with Crippen LogP contribution in [0.2, 0.25) is 0 Å². The third-order valence-corrected chi connectivity index (χ3v) is 4.09. The summed E-state index contributed by atoms with van der Waals surface area (Å²) in [5.41, 5.74) is 0.327. The van der Waals surface area contributed by atoms with Crippen molar-refractivity contribution in [2.24, 2.45) is 4.99 Å². The van der Waals surface area contributed by atoms with Gasteiger partial charge in [-0.15, -0.1) is 0 Å². The Morgan fingerprint density at radius 1 is 1.62 bits per heavy atom. The highest BCUT2D eigenvalue weighted by atomic mass is 19.3. The molecule has 132 valence electrons. The third-order valence-electron chi connectivity index (χ3n) is 4.09. The number of halogens is 2. The van der Waals surface area contributed by atoms with Crippen LogP contribution < -0.4 is 5.32 Å². The molecule has 7 nitrogen and oxygen atoms in total. The van der Waals surface area contributed by atoms with Gasteiger partial charge in [0, 0.05) is 31.2 Å². The molecule has 1 unspecified atom stereocenters. The number of piperidine rings is 1. The van der Waals surface area contributed by atoms with E-state index >= 15 is 0 Å². The molecule has 1 aromatic heterocycles. The van der Waals surface area contributed by atoms with E-state index in [4.69, 9.17) is 4.74 Å². The molecule has 2 heterocycles. The minimum absolute atomic E-state index is 0.372. The molecule has 9 heteroatoms. The number of rotatable bonds is 5. The molecule has 1 aliphatic heterocycles. The summed E-state index contributed by atoms with van der Waals surface area (Å²) in [6.07, 6.45) is 3.49. The summed E-state index contributed by atoms with van der Waals surface area (Å²) in [7, 11) is 1.26. The quantitative estimate of drug-likeness (QED) is 0.835. The van der Waals surface area contributed by atoms with E-state index in [1.165, 1.54) is 19.4 Å². The summed E-state index contributed by atoms with van der Waals surface area (Å²) in [5.74, 6) is 0. The maximum atomic E-state index is 12.9. The first-order valence-electron chi connectivity index (χ1n) is 7.49. The van der Waals surface area contributed by atoms with Gasteiger partial charge in [0.2, 0.25) is 0 Å². The molecule has 0 radical (unpaired) electrons. The minimum Gasteiger partial charge on any atom is -0.453 e. The number of carbonyl (C=O) groups excluding carboxylic acids is 1. The van der Waals surface area contributed by atoms with Gasteiger partial charge in [-0.1, -0.05) is 0 Å². The molecule has 1 atom stereocenters. The number of hydrogen-bond acceptors (Lipinski definition) is 5. The van der Waals surface area contributed by atoms with Gasteiger partial charge >= 0.3 is 12.6 Å². The van der Waals surface area contributed by atoms with Crippen LogP contribution in [-0.2, 0) is 10.3 Å². The summed E-state index contributed by atoms with van der Waals surface area (Å²) in [6.45, 7) is 3.71. The Labute approximate surface area is 139 Å². The number of alkyl carbamates (subject to hydrolysis) is 1. The maximum Gasteiger partial charge on any atom is 0.407 e. The monoisotopic (exact) mass is 341 g/mol. The Hall–Kier alpha value is -2.45. The summed E-state index contributed by atoms with van der Waals surface area (Å²) in [5, 5.41) is 6.73. The highest BCUT2D eigenvalue weighted by molar-refractivity contribution is 5.68. The first-order valence-corrected chi connectivity index (χ1v) is 7.49. The zero-order chi connectivity index (χ0) is 17.7. The first-order chi connectivity index (χ1) is 11.4. The van der Waals surface area contributed by atoms with Crippen molar-refractivity contribution >= 4 is 12.8 Å². The second-order valence-electron chi connectivity index (χ2n) is 5.64. The Kier molecular flexibility index (Phi) is 5.53. The fourth-order valence-electron chi connectivity index (χ4n) is 2.89. The van der Waals surface area contributed by atoms with Gasteiger partial charge in [0.05, 0.1) is 12.8 Å². The average molecular weight is 341 g/mol. The molecule has 0 aromatic carbocycles. The highest BCUT2D eigenvalue weighted by Crippen LogP contribution is 2.33. The molecule has 1 amide bonds. The third kappa shape index (κ3) is 3.72. The van der Waals surface area contributed by atoms with Crippen LogP contribution >= 0.6 is 0 Å². The van der Waals surface area contributed by atoms with Gasteiger partial charge in [-0.3, -0.25) is 4.99 Å². The van der Waals surface area contributed by atoms with Crippen molar-refractivity contribution in [3.63, 3.8) is 0 Å². The van der Waals surface area contributed by atoms with Crippen LogP contribution in [0.4, 0.5) is 13.6 Å². The summed E-state index contributed by atoms with van der Waals surface area (Å²) < 4.78 is 31.0. The molecular formula is C15H21F2N5O2. The lowest BCUT2D eigenvalue weighted by Gasteiger charge is -2.43. The van der Waals surface area contributed by atoms with Crippen LogP contribution in [-0.4, -0.2) is 47.7 Å². The lowest BCUT2D eigenvalue weighted by molar-refractivity contribution is 0.0541. The van der Waals surface area contributed by atoms with Crippen LogP contribution in [0, 0.1) is 0 Å². The Morgan fingerprint density at radius 2 is 2.38 bits per heavy atom. The van der Waals surface area contributed by atoms with E-state index in [-0.39, 0.29) is 0 Å². The first kappa shape index (κ1) is 17.9. The molecule has 1 saturated heterocycles. The molecule has 1 N–H and O–H groups in total. The Bertz CT molecular complexity index is 631. The maximum absolute atomic E-state index is 12.9. The van der Waals surface area contributed by atoms with Gasteiger partial charge in [0.25, 0.3) is 0 Å². The number of carbonyl (C=O) groups is 1. The molecule has 1 aliphatic rings. The highest BCUT2D eigenvalue weighted by Gasteiger charge is 2.41. The number of nitrogens with one attached hydrogen (secondary N) is 1. The number of methoxy groups -OCH3 is 1. The van der Waals surface area contributed by atoms with Crippen molar-refractivity contribution in [2.75, 3.05) is 20.2 Å². The van der Waals surface area contributed by atoms with Gasteiger partial charge in [0.15, 0.2) is 0 Å². The zero-order valence-electron chi connectivity index (χ0n) is 13.7. The lowest BCUT2D eigenvalue weighted by atomic mass is 9.85. The molecule has 1 aromatic rings. The lowest BCUT2D eigenvalue weighted by Crippen LogP contribution is -2.56. The van der Waals surface area contributed by atoms with Gasteiger partial charge < -0.3 is 15.0 Å². The smallest absolute Gasteiger partial charge is 0.407 e. The molecule has 0 bridgehead atoms. The number of aromatic nitrogens is 2. The van der Waals surface area contributed by atoms with E-state index in [1.54, 1.807) is 6.20 Å². The Morgan fingerprint density at radius 3 is 2.96 bits per heavy atom. The number of nitrogens with zero attached hydrogens (tertiary/aromatic N) is 4. The van der Waals surface area contributed by atoms with Crippen LogP contribution in [0.5, 0.6) is 0 Å². The van der Waals surface area contributed by atoms with E-state index in [0.717, 1.165) is 18.7 Å². The van der Waals surface area contributed by atoms with Crippen molar-refractivity contribution in [1.82, 2.24) is 20.0 Å².